The van der Waals surface area contributed by atoms with E-state index in [1.165, 1.54) is 37.7 Å². The molecule has 2 nitrogen and oxygen atoms in total. The van der Waals surface area contributed by atoms with Gasteiger partial charge in [0, 0.05) is 6.42 Å². The van der Waals surface area contributed by atoms with E-state index in [-0.39, 0.29) is 5.41 Å². The van der Waals surface area contributed by atoms with Gasteiger partial charge in [0.1, 0.15) is 0 Å². The lowest BCUT2D eigenvalue weighted by Gasteiger charge is -2.38. The highest BCUT2D eigenvalue weighted by Crippen LogP contribution is 2.43. The van der Waals surface area contributed by atoms with Gasteiger partial charge in [0.25, 0.3) is 0 Å². The molecule has 1 aliphatic rings. The standard InChI is InChI=1S/C16H22O2/c17-15(18)10-7-13-16(11-5-2-6-12-16)14-8-3-1-4-9-14/h1,3-4,8-9H,2,5-7,10-13H2,(H,17,18). The van der Waals surface area contributed by atoms with Crippen molar-refractivity contribution in [3.63, 3.8) is 0 Å². The van der Waals surface area contributed by atoms with E-state index in [2.05, 4.69) is 30.3 Å². The molecule has 0 aromatic heterocycles. The molecule has 0 unspecified atom stereocenters. The molecule has 0 aliphatic heterocycles. The molecule has 1 aliphatic carbocycles. The lowest BCUT2D eigenvalue weighted by atomic mass is 9.67. The minimum atomic E-state index is -0.672. The molecule has 0 radical (unpaired) electrons. The van der Waals surface area contributed by atoms with Gasteiger partial charge in [-0.05, 0) is 36.7 Å². The highest BCUT2D eigenvalue weighted by Gasteiger charge is 2.33. The van der Waals surface area contributed by atoms with Crippen LogP contribution in [0.25, 0.3) is 0 Å². The first kappa shape index (κ1) is 13.1. The van der Waals surface area contributed by atoms with Crippen LogP contribution in [-0.4, -0.2) is 11.1 Å². The van der Waals surface area contributed by atoms with Crippen LogP contribution < -0.4 is 0 Å². The first-order chi connectivity index (χ1) is 8.73. The summed E-state index contributed by atoms with van der Waals surface area (Å²) < 4.78 is 0. The quantitative estimate of drug-likeness (QED) is 0.847. The van der Waals surface area contributed by atoms with E-state index in [9.17, 15) is 4.79 Å². The molecule has 0 saturated heterocycles. The number of carboxylic acids is 1. The van der Waals surface area contributed by atoms with Crippen molar-refractivity contribution < 1.29 is 9.90 Å². The van der Waals surface area contributed by atoms with Crippen molar-refractivity contribution in [2.45, 2.75) is 56.8 Å². The Morgan fingerprint density at radius 1 is 1.11 bits per heavy atom. The number of carbonyl (C=O) groups is 1. The molecule has 2 rings (SSSR count). The summed E-state index contributed by atoms with van der Waals surface area (Å²) >= 11 is 0. The van der Waals surface area contributed by atoms with E-state index >= 15 is 0 Å². The number of rotatable bonds is 5. The van der Waals surface area contributed by atoms with Gasteiger partial charge in [0.2, 0.25) is 0 Å². The molecule has 98 valence electrons. The molecular formula is C16H22O2. The SMILES string of the molecule is O=C(O)CCCC1(c2ccccc2)CCCCC1. The van der Waals surface area contributed by atoms with Crippen LogP contribution >= 0.6 is 0 Å². The van der Waals surface area contributed by atoms with Crippen LogP contribution in [0.4, 0.5) is 0 Å². The topological polar surface area (TPSA) is 37.3 Å². The Balaban J connectivity index is 2.10. The van der Waals surface area contributed by atoms with Gasteiger partial charge in [0.15, 0.2) is 0 Å². The summed E-state index contributed by atoms with van der Waals surface area (Å²) in [5.41, 5.74) is 1.66. The Kier molecular flexibility index (Phi) is 4.40. The minimum Gasteiger partial charge on any atom is -0.481 e. The van der Waals surface area contributed by atoms with Crippen LogP contribution in [0.3, 0.4) is 0 Å². The fourth-order valence-corrected chi connectivity index (χ4v) is 3.28. The van der Waals surface area contributed by atoms with Crippen molar-refractivity contribution >= 4 is 5.97 Å². The Labute approximate surface area is 109 Å². The van der Waals surface area contributed by atoms with Gasteiger partial charge >= 0.3 is 5.97 Å². The first-order valence-electron chi connectivity index (χ1n) is 7.00. The molecular weight excluding hydrogens is 224 g/mol. The second kappa shape index (κ2) is 6.03. The molecule has 1 aromatic rings. The van der Waals surface area contributed by atoms with E-state index in [0.717, 1.165) is 12.8 Å². The average Bonchev–Trinajstić information content (AvgIpc) is 2.40. The summed E-state index contributed by atoms with van der Waals surface area (Å²) in [5, 5.41) is 8.80. The van der Waals surface area contributed by atoms with Gasteiger partial charge in [0.05, 0.1) is 0 Å². The van der Waals surface area contributed by atoms with Gasteiger partial charge in [-0.2, -0.15) is 0 Å². The highest BCUT2D eigenvalue weighted by atomic mass is 16.4. The maximum atomic E-state index is 10.7. The Bertz CT molecular complexity index is 377. The van der Waals surface area contributed by atoms with Crippen molar-refractivity contribution in [3.05, 3.63) is 35.9 Å². The minimum absolute atomic E-state index is 0.245. The summed E-state index contributed by atoms with van der Waals surface area (Å²) in [6.45, 7) is 0. The van der Waals surface area contributed by atoms with Crippen LogP contribution in [0, 0.1) is 0 Å². The zero-order valence-electron chi connectivity index (χ0n) is 10.9. The summed E-state index contributed by atoms with van der Waals surface area (Å²) in [4.78, 5) is 10.7. The molecule has 1 N–H and O–H groups in total. The van der Waals surface area contributed by atoms with Crippen LogP contribution in [0.15, 0.2) is 30.3 Å². The number of carboxylic acid groups (broad SMARTS) is 1. The second-order valence-electron chi connectivity index (χ2n) is 5.45. The molecule has 0 atom stereocenters. The number of hydrogen-bond donors (Lipinski definition) is 1. The number of benzene rings is 1. The molecule has 18 heavy (non-hydrogen) atoms. The molecule has 0 amide bonds. The van der Waals surface area contributed by atoms with Gasteiger partial charge in [-0.15, -0.1) is 0 Å². The van der Waals surface area contributed by atoms with E-state index in [0.29, 0.717) is 6.42 Å². The maximum Gasteiger partial charge on any atom is 0.303 e. The van der Waals surface area contributed by atoms with Gasteiger partial charge in [-0.25, -0.2) is 0 Å². The fourth-order valence-electron chi connectivity index (χ4n) is 3.28. The molecule has 1 saturated carbocycles. The fraction of sp³-hybridized carbons (Fsp3) is 0.562. The maximum absolute atomic E-state index is 10.7. The van der Waals surface area contributed by atoms with E-state index in [1.54, 1.807) is 0 Å². The van der Waals surface area contributed by atoms with Crippen molar-refractivity contribution in [1.82, 2.24) is 0 Å². The van der Waals surface area contributed by atoms with Gasteiger partial charge in [-0.3, -0.25) is 4.79 Å². The lowest BCUT2D eigenvalue weighted by Crippen LogP contribution is -2.29. The largest absolute Gasteiger partial charge is 0.481 e. The monoisotopic (exact) mass is 246 g/mol. The average molecular weight is 246 g/mol. The molecule has 1 aromatic carbocycles. The Morgan fingerprint density at radius 2 is 1.78 bits per heavy atom. The Morgan fingerprint density at radius 3 is 2.39 bits per heavy atom. The van der Waals surface area contributed by atoms with Crippen molar-refractivity contribution in [3.8, 4) is 0 Å². The predicted octanol–water partition coefficient (Wildman–Crippen LogP) is 4.14. The second-order valence-corrected chi connectivity index (χ2v) is 5.45. The summed E-state index contributed by atoms with van der Waals surface area (Å²) in [6.07, 6.45) is 8.44. The van der Waals surface area contributed by atoms with Crippen LogP contribution in [-0.2, 0) is 10.2 Å². The molecule has 1 fully saturated rings. The zero-order valence-corrected chi connectivity index (χ0v) is 10.9. The van der Waals surface area contributed by atoms with Crippen molar-refractivity contribution in [2.75, 3.05) is 0 Å². The van der Waals surface area contributed by atoms with Crippen molar-refractivity contribution in [1.29, 1.82) is 0 Å². The summed E-state index contributed by atoms with van der Waals surface area (Å²) in [7, 11) is 0. The van der Waals surface area contributed by atoms with E-state index < -0.39 is 5.97 Å². The third-order valence-electron chi connectivity index (χ3n) is 4.24. The predicted molar refractivity (Wildman–Crippen MR) is 72.7 cm³/mol. The lowest BCUT2D eigenvalue weighted by molar-refractivity contribution is -0.137. The van der Waals surface area contributed by atoms with Crippen LogP contribution in [0.5, 0.6) is 0 Å². The normalized spacial score (nSPS) is 18.4. The summed E-state index contributed by atoms with van der Waals surface area (Å²) in [6, 6.07) is 10.7. The van der Waals surface area contributed by atoms with Crippen LogP contribution in [0.1, 0.15) is 56.9 Å². The number of hydrogen-bond acceptors (Lipinski definition) is 1. The molecule has 0 spiro atoms. The number of aliphatic carboxylic acids is 1. The highest BCUT2D eigenvalue weighted by molar-refractivity contribution is 5.66. The molecule has 0 bridgehead atoms. The Hall–Kier alpha value is -1.31. The summed E-state index contributed by atoms with van der Waals surface area (Å²) in [5.74, 6) is -0.672. The third kappa shape index (κ3) is 3.12. The first-order valence-corrected chi connectivity index (χ1v) is 7.00. The van der Waals surface area contributed by atoms with Gasteiger partial charge < -0.3 is 5.11 Å². The third-order valence-corrected chi connectivity index (χ3v) is 4.24. The van der Waals surface area contributed by atoms with E-state index in [1.807, 2.05) is 0 Å². The zero-order chi connectivity index (χ0) is 12.8. The smallest absolute Gasteiger partial charge is 0.303 e. The van der Waals surface area contributed by atoms with Crippen LogP contribution in [0.2, 0.25) is 0 Å². The van der Waals surface area contributed by atoms with Crippen molar-refractivity contribution in [2.24, 2.45) is 0 Å². The van der Waals surface area contributed by atoms with E-state index in [4.69, 9.17) is 5.11 Å². The molecule has 0 heterocycles. The van der Waals surface area contributed by atoms with Gasteiger partial charge in [-0.1, -0.05) is 49.6 Å². The molecule has 2 heteroatoms.